The number of pyridine rings is 1. The highest BCUT2D eigenvalue weighted by Gasteiger charge is 2.29. The molecule has 1 aromatic carbocycles. The smallest absolute Gasteiger partial charge is 0.182 e. The van der Waals surface area contributed by atoms with Crippen molar-refractivity contribution in [1.29, 1.82) is 0 Å². The van der Waals surface area contributed by atoms with Crippen LogP contribution in [0.15, 0.2) is 47.3 Å². The molecule has 0 amide bonds. The molecule has 0 radical (unpaired) electrons. The molecule has 0 bridgehead atoms. The number of aliphatic hydroxyl groups excluding tert-OH is 1. The number of aromatic nitrogens is 1. The Balaban J connectivity index is 2.70. The van der Waals surface area contributed by atoms with Gasteiger partial charge in [-0.15, -0.1) is 0 Å². The van der Waals surface area contributed by atoms with Gasteiger partial charge in [0.05, 0.1) is 12.1 Å². The summed E-state index contributed by atoms with van der Waals surface area (Å²) in [5.41, 5.74) is 2.16. The number of hydrogen-bond donors (Lipinski definition) is 1. The molecule has 2 aromatic rings. The summed E-state index contributed by atoms with van der Waals surface area (Å²) in [4.78, 5) is 11.5. The molecule has 0 saturated heterocycles. The number of hydrogen-bond acceptors (Lipinski definition) is 2. The maximum Gasteiger partial charge on any atom is 0.182 e. The molecular formula is C16H19NO2. The maximum atomic E-state index is 11.5. The normalized spacial score (nSPS) is 14.1. The van der Waals surface area contributed by atoms with Crippen molar-refractivity contribution in [3.63, 3.8) is 0 Å². The lowest BCUT2D eigenvalue weighted by Crippen LogP contribution is -2.38. The quantitative estimate of drug-likeness (QED) is 0.916. The van der Waals surface area contributed by atoms with Crippen molar-refractivity contribution in [1.82, 2.24) is 4.57 Å². The van der Waals surface area contributed by atoms with Crippen LogP contribution >= 0.6 is 0 Å². The van der Waals surface area contributed by atoms with Gasteiger partial charge in [-0.2, -0.15) is 0 Å². The highest BCUT2D eigenvalue weighted by atomic mass is 16.3. The van der Waals surface area contributed by atoms with Crippen LogP contribution in [0.25, 0.3) is 0 Å². The van der Waals surface area contributed by atoms with E-state index in [0.29, 0.717) is 0 Å². The molecule has 1 aromatic heterocycles. The summed E-state index contributed by atoms with van der Waals surface area (Å²) >= 11 is 0. The summed E-state index contributed by atoms with van der Waals surface area (Å²) < 4.78 is 2.02. The lowest BCUT2D eigenvalue weighted by atomic mass is 9.91. The molecule has 3 heteroatoms. The van der Waals surface area contributed by atoms with Gasteiger partial charge in [0.15, 0.2) is 5.43 Å². The molecule has 0 aliphatic carbocycles. The zero-order chi connectivity index (χ0) is 14.0. The number of rotatable bonds is 3. The Morgan fingerprint density at radius 1 is 1.11 bits per heavy atom. The van der Waals surface area contributed by atoms with Crippen molar-refractivity contribution in [3.05, 3.63) is 69.6 Å². The Bertz CT molecular complexity index is 605. The van der Waals surface area contributed by atoms with E-state index in [4.69, 9.17) is 0 Å². The zero-order valence-corrected chi connectivity index (χ0v) is 11.6. The molecule has 1 heterocycles. The number of benzene rings is 1. The van der Waals surface area contributed by atoms with Gasteiger partial charge in [0.25, 0.3) is 0 Å². The van der Waals surface area contributed by atoms with Gasteiger partial charge in [-0.05, 0) is 26.3 Å². The molecule has 0 saturated carbocycles. The van der Waals surface area contributed by atoms with Crippen molar-refractivity contribution in [2.24, 2.45) is 0 Å². The van der Waals surface area contributed by atoms with E-state index in [9.17, 15) is 9.90 Å². The Kier molecular flexibility index (Phi) is 3.58. The van der Waals surface area contributed by atoms with Gasteiger partial charge in [-0.25, -0.2) is 0 Å². The zero-order valence-electron chi connectivity index (χ0n) is 11.6. The molecule has 0 aliphatic rings. The first-order chi connectivity index (χ1) is 8.99. The van der Waals surface area contributed by atoms with Crippen molar-refractivity contribution in [2.45, 2.75) is 26.3 Å². The second-order valence-corrected chi connectivity index (χ2v) is 5.11. The Morgan fingerprint density at radius 2 is 1.63 bits per heavy atom. The van der Waals surface area contributed by atoms with E-state index >= 15 is 0 Å². The number of nitrogens with zero attached hydrogens (tertiary/aromatic N) is 1. The minimum absolute atomic E-state index is 0.000369. The highest BCUT2D eigenvalue weighted by molar-refractivity contribution is 5.29. The van der Waals surface area contributed by atoms with E-state index in [-0.39, 0.29) is 12.0 Å². The third kappa shape index (κ3) is 2.34. The predicted molar refractivity (Wildman–Crippen MR) is 76.5 cm³/mol. The van der Waals surface area contributed by atoms with Crippen molar-refractivity contribution >= 4 is 0 Å². The molecule has 19 heavy (non-hydrogen) atoms. The van der Waals surface area contributed by atoms with E-state index in [1.165, 1.54) is 0 Å². The lowest BCUT2D eigenvalue weighted by Gasteiger charge is -2.35. The SMILES string of the molecule is Cc1cc(=O)cc(C)n1C(C)(CO)c1ccccc1. The maximum absolute atomic E-state index is 11.5. The summed E-state index contributed by atoms with van der Waals surface area (Å²) in [5.74, 6) is 0. The van der Waals surface area contributed by atoms with Crippen LogP contribution in [0, 0.1) is 13.8 Å². The van der Waals surface area contributed by atoms with E-state index in [0.717, 1.165) is 17.0 Å². The van der Waals surface area contributed by atoms with E-state index in [1.54, 1.807) is 12.1 Å². The second-order valence-electron chi connectivity index (χ2n) is 5.11. The van der Waals surface area contributed by atoms with Gasteiger partial charge in [0.2, 0.25) is 0 Å². The number of aryl methyl sites for hydroxylation is 2. The fraction of sp³-hybridized carbons (Fsp3) is 0.312. The molecular weight excluding hydrogens is 238 g/mol. The van der Waals surface area contributed by atoms with Gasteiger partial charge in [0.1, 0.15) is 0 Å². The van der Waals surface area contributed by atoms with Crippen LogP contribution in [0.4, 0.5) is 0 Å². The van der Waals surface area contributed by atoms with Crippen LogP contribution < -0.4 is 5.43 Å². The molecule has 1 atom stereocenters. The molecule has 100 valence electrons. The van der Waals surface area contributed by atoms with Crippen LogP contribution in [0.1, 0.15) is 23.9 Å². The van der Waals surface area contributed by atoms with Crippen molar-refractivity contribution < 1.29 is 5.11 Å². The molecule has 1 N–H and O–H groups in total. The summed E-state index contributed by atoms with van der Waals surface area (Å²) in [6.45, 7) is 5.74. The van der Waals surface area contributed by atoms with Crippen LogP contribution in [0.2, 0.25) is 0 Å². The summed E-state index contributed by atoms with van der Waals surface area (Å²) in [6.07, 6.45) is 0. The van der Waals surface area contributed by atoms with Crippen molar-refractivity contribution in [3.8, 4) is 0 Å². The highest BCUT2D eigenvalue weighted by Crippen LogP contribution is 2.27. The standard InChI is InChI=1S/C16H19NO2/c1-12-9-15(19)10-13(2)17(12)16(3,11-18)14-7-5-4-6-8-14/h4-10,18H,11H2,1-3H3. The fourth-order valence-corrected chi connectivity index (χ4v) is 2.73. The lowest BCUT2D eigenvalue weighted by molar-refractivity contribution is 0.176. The second kappa shape index (κ2) is 5.02. The molecule has 3 nitrogen and oxygen atoms in total. The van der Waals surface area contributed by atoms with Gasteiger partial charge >= 0.3 is 0 Å². The van der Waals surface area contributed by atoms with Crippen LogP contribution in [-0.4, -0.2) is 16.3 Å². The van der Waals surface area contributed by atoms with Gasteiger partial charge in [-0.1, -0.05) is 30.3 Å². The number of aliphatic hydroxyl groups is 1. The largest absolute Gasteiger partial charge is 0.394 e. The average Bonchev–Trinajstić information content (AvgIpc) is 2.38. The monoisotopic (exact) mass is 257 g/mol. The first-order valence-electron chi connectivity index (χ1n) is 6.36. The molecule has 0 aliphatic heterocycles. The van der Waals surface area contributed by atoms with E-state index in [1.807, 2.05) is 55.7 Å². The molecule has 1 unspecified atom stereocenters. The van der Waals surface area contributed by atoms with Crippen LogP contribution in [0.3, 0.4) is 0 Å². The summed E-state index contributed by atoms with van der Waals surface area (Å²) in [6, 6.07) is 13.0. The van der Waals surface area contributed by atoms with Gasteiger partial charge in [0, 0.05) is 23.5 Å². The molecule has 0 spiro atoms. The molecule has 2 rings (SSSR count). The van der Waals surface area contributed by atoms with E-state index < -0.39 is 5.54 Å². The van der Waals surface area contributed by atoms with Crippen LogP contribution in [0.5, 0.6) is 0 Å². The third-order valence-corrected chi connectivity index (χ3v) is 3.60. The Morgan fingerprint density at radius 3 is 2.11 bits per heavy atom. The minimum Gasteiger partial charge on any atom is -0.394 e. The topological polar surface area (TPSA) is 42.2 Å². The summed E-state index contributed by atoms with van der Waals surface area (Å²) in [5, 5.41) is 9.91. The summed E-state index contributed by atoms with van der Waals surface area (Å²) in [7, 11) is 0. The first kappa shape index (κ1) is 13.6. The van der Waals surface area contributed by atoms with Crippen molar-refractivity contribution in [2.75, 3.05) is 6.61 Å². The van der Waals surface area contributed by atoms with E-state index in [2.05, 4.69) is 0 Å². The Hall–Kier alpha value is -1.87. The average molecular weight is 257 g/mol. The predicted octanol–water partition coefficient (Wildman–Crippen LogP) is 2.22. The first-order valence-corrected chi connectivity index (χ1v) is 6.36. The fourth-order valence-electron chi connectivity index (χ4n) is 2.73. The van der Waals surface area contributed by atoms with Gasteiger partial charge in [-0.3, -0.25) is 4.79 Å². The minimum atomic E-state index is -0.566. The molecule has 0 fully saturated rings. The van der Waals surface area contributed by atoms with Gasteiger partial charge < -0.3 is 9.67 Å². The third-order valence-electron chi connectivity index (χ3n) is 3.60. The van der Waals surface area contributed by atoms with Crippen LogP contribution in [-0.2, 0) is 5.54 Å². The Labute approximate surface area is 113 Å².